The highest BCUT2D eigenvalue weighted by molar-refractivity contribution is 7.89. The highest BCUT2D eigenvalue weighted by Crippen LogP contribution is 2.21. The first-order valence-corrected chi connectivity index (χ1v) is 9.99. The van der Waals surface area contributed by atoms with Crippen LogP contribution in [0.15, 0.2) is 24.3 Å². The molecule has 3 rings (SSSR count). The standard InChI is InChI=1S/C16H24N4O3S/c1-2-24(22,23)20-11-9-19(10-12-20)15-7-5-14(6-8-15)18-16(21)17-13-3-4-13/h5-8,13H,2-4,9-12H2,1H3,(H2,17,18,21). The summed E-state index contributed by atoms with van der Waals surface area (Å²) in [5, 5.41) is 5.70. The predicted octanol–water partition coefficient (Wildman–Crippen LogP) is 1.44. The number of piperazine rings is 1. The van der Waals surface area contributed by atoms with E-state index in [9.17, 15) is 13.2 Å². The fraction of sp³-hybridized carbons (Fsp3) is 0.562. The first kappa shape index (κ1) is 17.0. The average Bonchev–Trinajstić information content (AvgIpc) is 3.39. The van der Waals surface area contributed by atoms with E-state index in [2.05, 4.69) is 15.5 Å². The van der Waals surface area contributed by atoms with E-state index in [1.807, 2.05) is 24.3 Å². The summed E-state index contributed by atoms with van der Waals surface area (Å²) in [6, 6.07) is 7.82. The second kappa shape index (κ2) is 6.98. The van der Waals surface area contributed by atoms with Gasteiger partial charge in [0.2, 0.25) is 10.0 Å². The van der Waals surface area contributed by atoms with Crippen LogP contribution in [0.1, 0.15) is 19.8 Å². The zero-order valence-electron chi connectivity index (χ0n) is 13.9. The fourth-order valence-corrected chi connectivity index (χ4v) is 3.83. The van der Waals surface area contributed by atoms with E-state index in [1.54, 1.807) is 11.2 Å². The first-order chi connectivity index (χ1) is 11.5. The molecule has 7 nitrogen and oxygen atoms in total. The van der Waals surface area contributed by atoms with E-state index >= 15 is 0 Å². The van der Waals surface area contributed by atoms with Gasteiger partial charge in [-0.05, 0) is 44.0 Å². The van der Waals surface area contributed by atoms with Crippen molar-refractivity contribution in [2.45, 2.75) is 25.8 Å². The van der Waals surface area contributed by atoms with E-state index in [1.165, 1.54) is 0 Å². The van der Waals surface area contributed by atoms with Crippen LogP contribution in [0.2, 0.25) is 0 Å². The number of rotatable bonds is 5. The lowest BCUT2D eigenvalue weighted by Crippen LogP contribution is -2.49. The topological polar surface area (TPSA) is 81.8 Å². The van der Waals surface area contributed by atoms with Crippen LogP contribution in [0.5, 0.6) is 0 Å². The van der Waals surface area contributed by atoms with Crippen LogP contribution in [-0.4, -0.2) is 56.7 Å². The van der Waals surface area contributed by atoms with Crippen molar-refractivity contribution < 1.29 is 13.2 Å². The zero-order chi connectivity index (χ0) is 17.2. The molecule has 1 aliphatic heterocycles. The van der Waals surface area contributed by atoms with E-state index in [0.717, 1.165) is 24.2 Å². The van der Waals surface area contributed by atoms with E-state index in [4.69, 9.17) is 0 Å². The molecule has 1 saturated heterocycles. The quantitative estimate of drug-likeness (QED) is 0.840. The smallest absolute Gasteiger partial charge is 0.319 e. The molecule has 24 heavy (non-hydrogen) atoms. The van der Waals surface area contributed by atoms with Gasteiger partial charge in [0.05, 0.1) is 5.75 Å². The van der Waals surface area contributed by atoms with Crippen LogP contribution < -0.4 is 15.5 Å². The first-order valence-electron chi connectivity index (χ1n) is 8.38. The number of nitrogens with one attached hydrogen (secondary N) is 2. The van der Waals surface area contributed by atoms with Gasteiger partial charge in [-0.3, -0.25) is 0 Å². The van der Waals surface area contributed by atoms with Gasteiger partial charge in [0.1, 0.15) is 0 Å². The second-order valence-corrected chi connectivity index (χ2v) is 8.46. The fourth-order valence-electron chi connectivity index (χ4n) is 2.74. The highest BCUT2D eigenvalue weighted by Gasteiger charge is 2.25. The Kier molecular flexibility index (Phi) is 4.96. The van der Waals surface area contributed by atoms with Gasteiger partial charge in [-0.1, -0.05) is 0 Å². The minimum Gasteiger partial charge on any atom is -0.369 e. The van der Waals surface area contributed by atoms with Crippen LogP contribution in [0.3, 0.4) is 0 Å². The zero-order valence-corrected chi connectivity index (χ0v) is 14.7. The maximum Gasteiger partial charge on any atom is 0.319 e. The number of carbonyl (C=O) groups is 1. The number of sulfonamides is 1. The van der Waals surface area contributed by atoms with Crippen LogP contribution in [0.25, 0.3) is 0 Å². The lowest BCUT2D eigenvalue weighted by atomic mass is 10.2. The molecule has 0 aromatic heterocycles. The van der Waals surface area contributed by atoms with E-state index < -0.39 is 10.0 Å². The summed E-state index contributed by atoms with van der Waals surface area (Å²) in [6.07, 6.45) is 2.12. The molecule has 1 heterocycles. The minimum absolute atomic E-state index is 0.149. The van der Waals surface area contributed by atoms with Crippen LogP contribution in [0.4, 0.5) is 16.2 Å². The van der Waals surface area contributed by atoms with Crippen LogP contribution in [0, 0.1) is 0 Å². The second-order valence-electron chi connectivity index (χ2n) is 6.21. The molecule has 1 aliphatic carbocycles. The Hall–Kier alpha value is -1.80. The Labute approximate surface area is 143 Å². The lowest BCUT2D eigenvalue weighted by Gasteiger charge is -2.35. The molecule has 1 aromatic rings. The van der Waals surface area contributed by atoms with Gasteiger partial charge in [0.15, 0.2) is 0 Å². The SMILES string of the molecule is CCS(=O)(=O)N1CCN(c2ccc(NC(=O)NC3CC3)cc2)CC1. The van der Waals surface area contributed by atoms with Crippen molar-refractivity contribution in [3.63, 3.8) is 0 Å². The number of hydrogen-bond donors (Lipinski definition) is 2. The molecule has 8 heteroatoms. The summed E-state index contributed by atoms with van der Waals surface area (Å²) >= 11 is 0. The number of nitrogens with zero attached hydrogens (tertiary/aromatic N) is 2. The summed E-state index contributed by atoms with van der Waals surface area (Å²) < 4.78 is 25.3. The summed E-state index contributed by atoms with van der Waals surface area (Å²) in [7, 11) is -3.10. The average molecular weight is 352 g/mol. The van der Waals surface area contributed by atoms with Crippen molar-refractivity contribution in [2.24, 2.45) is 0 Å². The summed E-state index contributed by atoms with van der Waals surface area (Å²) in [5.74, 6) is 0.149. The van der Waals surface area contributed by atoms with Gasteiger partial charge in [0.25, 0.3) is 0 Å². The van der Waals surface area contributed by atoms with Gasteiger partial charge < -0.3 is 15.5 Å². The maximum atomic E-state index is 11.9. The van der Waals surface area contributed by atoms with Crippen molar-refractivity contribution in [3.05, 3.63) is 24.3 Å². The molecule has 0 bridgehead atoms. The Morgan fingerprint density at radius 2 is 1.75 bits per heavy atom. The molecule has 0 unspecified atom stereocenters. The third kappa shape index (κ3) is 4.18. The Bertz CT molecular complexity index is 678. The molecule has 0 spiro atoms. The van der Waals surface area contributed by atoms with E-state index in [-0.39, 0.29) is 11.8 Å². The molecular formula is C16H24N4O3S. The minimum atomic E-state index is -3.10. The molecular weight excluding hydrogens is 328 g/mol. The number of benzene rings is 1. The molecule has 2 N–H and O–H groups in total. The molecule has 2 fully saturated rings. The van der Waals surface area contributed by atoms with Gasteiger partial charge in [-0.15, -0.1) is 0 Å². The number of amides is 2. The summed E-state index contributed by atoms with van der Waals surface area (Å²) in [6.45, 7) is 4.05. The third-order valence-corrected chi connectivity index (χ3v) is 6.28. The third-order valence-electron chi connectivity index (χ3n) is 4.40. The normalized spacial score (nSPS) is 19.1. The van der Waals surface area contributed by atoms with Crippen molar-refractivity contribution in [1.29, 1.82) is 0 Å². The monoisotopic (exact) mass is 352 g/mol. The Balaban J connectivity index is 1.53. The van der Waals surface area contributed by atoms with Gasteiger partial charge in [0, 0.05) is 43.6 Å². The molecule has 2 amide bonds. The van der Waals surface area contributed by atoms with Crippen LogP contribution in [-0.2, 0) is 10.0 Å². The molecule has 2 aliphatic rings. The lowest BCUT2D eigenvalue weighted by molar-refractivity contribution is 0.251. The molecule has 0 atom stereocenters. The molecule has 132 valence electrons. The van der Waals surface area contributed by atoms with Crippen LogP contribution >= 0.6 is 0 Å². The Morgan fingerprint density at radius 1 is 1.12 bits per heavy atom. The number of anilines is 2. The predicted molar refractivity (Wildman–Crippen MR) is 94.9 cm³/mol. The number of hydrogen-bond acceptors (Lipinski definition) is 4. The number of carbonyl (C=O) groups excluding carboxylic acids is 1. The molecule has 1 saturated carbocycles. The van der Waals surface area contributed by atoms with Gasteiger partial charge in [-0.25, -0.2) is 13.2 Å². The van der Waals surface area contributed by atoms with Gasteiger partial charge >= 0.3 is 6.03 Å². The highest BCUT2D eigenvalue weighted by atomic mass is 32.2. The van der Waals surface area contributed by atoms with E-state index in [0.29, 0.717) is 32.2 Å². The molecule has 0 radical (unpaired) electrons. The summed E-state index contributed by atoms with van der Waals surface area (Å²) in [5.41, 5.74) is 1.79. The maximum absolute atomic E-state index is 11.9. The van der Waals surface area contributed by atoms with Crippen molar-refractivity contribution >= 4 is 27.4 Å². The van der Waals surface area contributed by atoms with Crippen molar-refractivity contribution in [2.75, 3.05) is 42.1 Å². The Morgan fingerprint density at radius 3 is 2.29 bits per heavy atom. The van der Waals surface area contributed by atoms with Crippen molar-refractivity contribution in [1.82, 2.24) is 9.62 Å². The van der Waals surface area contributed by atoms with Gasteiger partial charge in [-0.2, -0.15) is 4.31 Å². The summed E-state index contributed by atoms with van der Waals surface area (Å²) in [4.78, 5) is 13.9. The molecule has 1 aromatic carbocycles. The largest absolute Gasteiger partial charge is 0.369 e. The van der Waals surface area contributed by atoms with Crippen molar-refractivity contribution in [3.8, 4) is 0 Å². The number of urea groups is 1.